The van der Waals surface area contributed by atoms with Crippen LogP contribution >= 0.6 is 11.6 Å². The van der Waals surface area contributed by atoms with Gasteiger partial charge in [0, 0.05) is 22.2 Å². The minimum absolute atomic E-state index is 0.0378. The lowest BCUT2D eigenvalue weighted by Gasteiger charge is -2.24. The Morgan fingerprint density at radius 1 is 1.23 bits per heavy atom. The largest absolute Gasteiger partial charge is 0.383 e. The lowest BCUT2D eigenvalue weighted by atomic mass is 9.86. The van der Waals surface area contributed by atoms with Gasteiger partial charge in [0.2, 0.25) is 11.9 Å². The Morgan fingerprint density at radius 3 is 2.68 bits per heavy atom. The number of aromatic nitrogens is 2. The number of hydrogen-bond donors (Lipinski definition) is 3. The Bertz CT molecular complexity index is 717. The molecule has 2 aromatic rings. The van der Waals surface area contributed by atoms with Crippen molar-refractivity contribution < 1.29 is 4.79 Å². The number of nitrogens with two attached hydrogens (primary N) is 2. The zero-order chi connectivity index (χ0) is 15.7. The first-order chi connectivity index (χ1) is 10.5. The quantitative estimate of drug-likeness (QED) is 0.785. The highest BCUT2D eigenvalue weighted by molar-refractivity contribution is 6.30. The number of halogens is 1. The molecule has 0 fully saturated rings. The fraction of sp³-hybridized carbons (Fsp3) is 0.267. The molecular weight excluding hydrogens is 302 g/mol. The van der Waals surface area contributed by atoms with E-state index in [1.54, 1.807) is 24.3 Å². The molecule has 1 aliphatic carbocycles. The molecule has 22 heavy (non-hydrogen) atoms. The van der Waals surface area contributed by atoms with Crippen molar-refractivity contribution in [3.8, 4) is 0 Å². The van der Waals surface area contributed by atoms with Crippen LogP contribution in [0.3, 0.4) is 0 Å². The first-order valence-electron chi connectivity index (χ1n) is 7.00. The SMILES string of the molecule is Nc1nc(N)c2c(n1)CCC(C(=O)Nc1ccc(Cl)cc1)C2. The molecule has 5 N–H and O–H groups in total. The fourth-order valence-corrected chi connectivity index (χ4v) is 2.79. The van der Waals surface area contributed by atoms with Crippen molar-refractivity contribution in [2.24, 2.45) is 5.92 Å². The number of aryl methyl sites for hydroxylation is 1. The molecule has 1 aliphatic rings. The van der Waals surface area contributed by atoms with Crippen molar-refractivity contribution in [2.75, 3.05) is 16.8 Å². The third-order valence-electron chi connectivity index (χ3n) is 3.80. The average molecular weight is 318 g/mol. The third kappa shape index (κ3) is 2.96. The molecule has 0 saturated heterocycles. The first kappa shape index (κ1) is 14.6. The molecule has 0 radical (unpaired) electrons. The number of anilines is 3. The molecule has 7 heteroatoms. The van der Waals surface area contributed by atoms with Gasteiger partial charge in [-0.05, 0) is 43.5 Å². The number of carbonyl (C=O) groups excluding carboxylic acids is 1. The summed E-state index contributed by atoms with van der Waals surface area (Å²) in [6.07, 6.45) is 1.91. The van der Waals surface area contributed by atoms with E-state index in [9.17, 15) is 4.79 Å². The summed E-state index contributed by atoms with van der Waals surface area (Å²) in [5.41, 5.74) is 13.9. The van der Waals surface area contributed by atoms with Crippen LogP contribution in [0.15, 0.2) is 24.3 Å². The smallest absolute Gasteiger partial charge is 0.227 e. The normalized spacial score (nSPS) is 16.9. The molecule has 1 aromatic carbocycles. The number of amides is 1. The van der Waals surface area contributed by atoms with Gasteiger partial charge >= 0.3 is 0 Å². The van der Waals surface area contributed by atoms with Crippen LogP contribution in [0.25, 0.3) is 0 Å². The van der Waals surface area contributed by atoms with Crippen molar-refractivity contribution in [3.63, 3.8) is 0 Å². The molecule has 3 rings (SSSR count). The standard InChI is InChI=1S/C15H16ClN5O/c16-9-2-4-10(5-3-9)19-14(22)8-1-6-12-11(7-8)13(17)21-15(18)20-12/h2-5,8H,1,6-7H2,(H,19,22)(H4,17,18,20,21). The second kappa shape index (κ2) is 5.81. The second-order valence-electron chi connectivity index (χ2n) is 5.33. The monoisotopic (exact) mass is 317 g/mol. The van der Waals surface area contributed by atoms with E-state index in [1.165, 1.54) is 0 Å². The van der Waals surface area contributed by atoms with E-state index in [0.717, 1.165) is 16.9 Å². The summed E-state index contributed by atoms with van der Waals surface area (Å²) in [6, 6.07) is 7.02. The van der Waals surface area contributed by atoms with E-state index in [2.05, 4.69) is 15.3 Å². The molecule has 0 saturated carbocycles. The number of hydrogen-bond acceptors (Lipinski definition) is 5. The molecule has 0 aliphatic heterocycles. The van der Waals surface area contributed by atoms with Gasteiger partial charge < -0.3 is 16.8 Å². The minimum Gasteiger partial charge on any atom is -0.383 e. The number of carbonyl (C=O) groups is 1. The van der Waals surface area contributed by atoms with Gasteiger partial charge in [0.1, 0.15) is 5.82 Å². The Balaban J connectivity index is 1.74. The minimum atomic E-state index is -0.155. The van der Waals surface area contributed by atoms with Crippen LogP contribution in [-0.2, 0) is 17.6 Å². The molecule has 1 unspecified atom stereocenters. The Hall–Kier alpha value is -2.34. The number of nitrogens with one attached hydrogen (secondary N) is 1. The molecule has 6 nitrogen and oxygen atoms in total. The third-order valence-corrected chi connectivity index (χ3v) is 4.06. The van der Waals surface area contributed by atoms with Crippen LogP contribution in [0.1, 0.15) is 17.7 Å². The zero-order valence-corrected chi connectivity index (χ0v) is 12.6. The number of nitrogen functional groups attached to an aromatic ring is 2. The van der Waals surface area contributed by atoms with E-state index in [4.69, 9.17) is 23.1 Å². The van der Waals surface area contributed by atoms with Crippen molar-refractivity contribution >= 4 is 35.0 Å². The predicted molar refractivity (Wildman–Crippen MR) is 86.5 cm³/mol. The van der Waals surface area contributed by atoms with E-state index in [-0.39, 0.29) is 17.8 Å². The zero-order valence-electron chi connectivity index (χ0n) is 11.8. The van der Waals surface area contributed by atoms with E-state index >= 15 is 0 Å². The number of fused-ring (bicyclic) bond motifs is 1. The Labute approximate surface area is 132 Å². The number of rotatable bonds is 2. The van der Waals surface area contributed by atoms with Gasteiger partial charge in [-0.3, -0.25) is 4.79 Å². The Kier molecular flexibility index (Phi) is 3.85. The average Bonchev–Trinajstić information content (AvgIpc) is 2.49. The maximum atomic E-state index is 12.4. The fourth-order valence-electron chi connectivity index (χ4n) is 2.66. The molecule has 114 valence electrons. The summed E-state index contributed by atoms with van der Waals surface area (Å²) in [5, 5.41) is 3.53. The molecule has 0 bridgehead atoms. The van der Waals surface area contributed by atoms with Gasteiger partial charge in [0.25, 0.3) is 0 Å². The molecule has 0 spiro atoms. The van der Waals surface area contributed by atoms with Crippen molar-refractivity contribution in [1.82, 2.24) is 9.97 Å². The molecule has 1 heterocycles. The lowest BCUT2D eigenvalue weighted by molar-refractivity contribution is -0.120. The van der Waals surface area contributed by atoms with Gasteiger partial charge in [-0.15, -0.1) is 0 Å². The van der Waals surface area contributed by atoms with E-state index in [0.29, 0.717) is 30.1 Å². The summed E-state index contributed by atoms with van der Waals surface area (Å²) < 4.78 is 0. The van der Waals surface area contributed by atoms with Crippen molar-refractivity contribution in [3.05, 3.63) is 40.5 Å². The van der Waals surface area contributed by atoms with Gasteiger partial charge in [-0.2, -0.15) is 4.98 Å². The van der Waals surface area contributed by atoms with Gasteiger partial charge in [-0.1, -0.05) is 11.6 Å². The lowest BCUT2D eigenvalue weighted by Crippen LogP contribution is -2.29. The topological polar surface area (TPSA) is 107 Å². The van der Waals surface area contributed by atoms with Crippen LogP contribution in [0.4, 0.5) is 17.5 Å². The summed E-state index contributed by atoms with van der Waals surface area (Å²) in [4.78, 5) is 20.6. The first-order valence-corrected chi connectivity index (χ1v) is 7.38. The molecular formula is C15H16ClN5O. The molecule has 1 atom stereocenters. The van der Waals surface area contributed by atoms with Crippen LogP contribution in [0.5, 0.6) is 0 Å². The molecule has 1 aromatic heterocycles. The summed E-state index contributed by atoms with van der Waals surface area (Å²) in [7, 11) is 0. The maximum Gasteiger partial charge on any atom is 0.227 e. The highest BCUT2D eigenvalue weighted by Crippen LogP contribution is 2.29. The van der Waals surface area contributed by atoms with Crippen LogP contribution in [0.2, 0.25) is 5.02 Å². The maximum absolute atomic E-state index is 12.4. The van der Waals surface area contributed by atoms with Crippen LogP contribution in [0, 0.1) is 5.92 Å². The summed E-state index contributed by atoms with van der Waals surface area (Å²) in [6.45, 7) is 0. The number of benzene rings is 1. The van der Waals surface area contributed by atoms with Crippen molar-refractivity contribution in [2.45, 2.75) is 19.3 Å². The highest BCUT2D eigenvalue weighted by Gasteiger charge is 2.27. The summed E-state index contributed by atoms with van der Waals surface area (Å²) in [5.74, 6) is 0.355. The summed E-state index contributed by atoms with van der Waals surface area (Å²) >= 11 is 5.83. The molecule has 1 amide bonds. The van der Waals surface area contributed by atoms with Crippen molar-refractivity contribution in [1.29, 1.82) is 0 Å². The highest BCUT2D eigenvalue weighted by atomic mass is 35.5. The van der Waals surface area contributed by atoms with Gasteiger partial charge in [0.05, 0.1) is 5.69 Å². The van der Waals surface area contributed by atoms with Crippen LogP contribution < -0.4 is 16.8 Å². The number of nitrogens with zero attached hydrogens (tertiary/aromatic N) is 2. The van der Waals surface area contributed by atoms with E-state index < -0.39 is 0 Å². The van der Waals surface area contributed by atoms with E-state index in [1.807, 2.05) is 0 Å². The van der Waals surface area contributed by atoms with Crippen LogP contribution in [-0.4, -0.2) is 15.9 Å². The second-order valence-corrected chi connectivity index (χ2v) is 5.76. The predicted octanol–water partition coefficient (Wildman–Crippen LogP) is 2.04. The van der Waals surface area contributed by atoms with Gasteiger partial charge in [0.15, 0.2) is 0 Å². The Morgan fingerprint density at radius 2 is 1.95 bits per heavy atom. The van der Waals surface area contributed by atoms with Gasteiger partial charge in [-0.25, -0.2) is 4.98 Å².